The molecule has 1 heterocycles. The van der Waals surface area contributed by atoms with Gasteiger partial charge in [-0.1, -0.05) is 27.5 Å². The minimum atomic E-state index is -3.33. The quantitative estimate of drug-likeness (QED) is 0.759. The summed E-state index contributed by atoms with van der Waals surface area (Å²) >= 11 is 9.20. The molecule has 0 aliphatic heterocycles. The second-order valence-corrected chi connectivity index (χ2v) is 6.63. The Morgan fingerprint density at radius 1 is 1.38 bits per heavy atom. The van der Waals surface area contributed by atoms with Crippen LogP contribution in [-0.4, -0.2) is 19.7 Å². The SMILES string of the molecule is CS(=O)(=O)c1cc(Br)cc2ccnc(Cl)c12. The molecule has 6 heteroatoms. The van der Waals surface area contributed by atoms with Gasteiger partial charge in [0.2, 0.25) is 0 Å². The van der Waals surface area contributed by atoms with Gasteiger partial charge < -0.3 is 0 Å². The molecule has 2 aromatic rings. The number of rotatable bonds is 1. The van der Waals surface area contributed by atoms with E-state index in [1.54, 1.807) is 18.3 Å². The molecule has 0 aliphatic rings. The number of aromatic nitrogens is 1. The summed E-state index contributed by atoms with van der Waals surface area (Å²) < 4.78 is 24.0. The summed E-state index contributed by atoms with van der Waals surface area (Å²) in [7, 11) is -3.33. The first-order valence-corrected chi connectivity index (χ1v) is 7.39. The van der Waals surface area contributed by atoms with Gasteiger partial charge in [-0.25, -0.2) is 13.4 Å². The average Bonchev–Trinajstić information content (AvgIpc) is 2.15. The highest BCUT2D eigenvalue weighted by atomic mass is 79.9. The van der Waals surface area contributed by atoms with Crippen molar-refractivity contribution in [3.8, 4) is 0 Å². The van der Waals surface area contributed by atoms with Crippen LogP contribution in [0.2, 0.25) is 5.15 Å². The number of hydrogen-bond acceptors (Lipinski definition) is 3. The number of halogens is 2. The molecule has 0 bridgehead atoms. The van der Waals surface area contributed by atoms with Gasteiger partial charge in [-0.05, 0) is 23.6 Å². The lowest BCUT2D eigenvalue weighted by Gasteiger charge is -2.06. The first-order valence-electron chi connectivity index (χ1n) is 4.33. The van der Waals surface area contributed by atoms with E-state index in [4.69, 9.17) is 11.6 Å². The normalized spacial score (nSPS) is 11.9. The maximum atomic E-state index is 11.6. The number of benzene rings is 1. The van der Waals surface area contributed by atoms with Crippen molar-refractivity contribution in [3.05, 3.63) is 34.0 Å². The van der Waals surface area contributed by atoms with E-state index in [2.05, 4.69) is 20.9 Å². The van der Waals surface area contributed by atoms with Crippen molar-refractivity contribution < 1.29 is 8.42 Å². The fourth-order valence-corrected chi connectivity index (χ4v) is 3.37. The van der Waals surface area contributed by atoms with Gasteiger partial charge in [-0.15, -0.1) is 0 Å². The second-order valence-electron chi connectivity index (χ2n) is 3.38. The van der Waals surface area contributed by atoms with Crippen LogP contribution in [0.25, 0.3) is 10.8 Å². The average molecular weight is 321 g/mol. The summed E-state index contributed by atoms with van der Waals surface area (Å²) in [4.78, 5) is 4.09. The third kappa shape index (κ3) is 2.07. The summed E-state index contributed by atoms with van der Waals surface area (Å²) in [5, 5.41) is 1.41. The molecule has 0 aliphatic carbocycles. The minimum absolute atomic E-state index is 0.190. The zero-order chi connectivity index (χ0) is 11.9. The minimum Gasteiger partial charge on any atom is -0.244 e. The summed E-state index contributed by atoms with van der Waals surface area (Å²) in [6.07, 6.45) is 2.70. The highest BCUT2D eigenvalue weighted by Gasteiger charge is 2.15. The van der Waals surface area contributed by atoms with Crippen molar-refractivity contribution in [1.29, 1.82) is 0 Å². The Labute approximate surface area is 106 Å². The number of hydrogen-bond donors (Lipinski definition) is 0. The topological polar surface area (TPSA) is 47.0 Å². The molecule has 3 nitrogen and oxygen atoms in total. The molecule has 1 aromatic heterocycles. The Morgan fingerprint density at radius 2 is 2.06 bits per heavy atom. The van der Waals surface area contributed by atoms with Crippen molar-refractivity contribution in [2.75, 3.05) is 6.26 Å². The lowest BCUT2D eigenvalue weighted by atomic mass is 10.2. The van der Waals surface area contributed by atoms with Crippen molar-refractivity contribution in [1.82, 2.24) is 4.98 Å². The van der Waals surface area contributed by atoms with Crippen molar-refractivity contribution in [2.24, 2.45) is 0 Å². The van der Waals surface area contributed by atoms with E-state index in [1.807, 2.05) is 0 Å². The first-order chi connectivity index (χ1) is 7.39. The largest absolute Gasteiger partial charge is 0.244 e. The molecule has 0 saturated heterocycles. The van der Waals surface area contributed by atoms with Crippen LogP contribution in [0.15, 0.2) is 33.8 Å². The fraction of sp³-hybridized carbons (Fsp3) is 0.100. The monoisotopic (exact) mass is 319 g/mol. The predicted octanol–water partition coefficient (Wildman–Crippen LogP) is 3.05. The van der Waals surface area contributed by atoms with Gasteiger partial charge in [0.05, 0.1) is 4.90 Å². The van der Waals surface area contributed by atoms with E-state index in [-0.39, 0.29) is 10.0 Å². The van der Waals surface area contributed by atoms with Crippen LogP contribution in [0.1, 0.15) is 0 Å². The third-order valence-corrected chi connectivity index (χ3v) is 4.01. The summed E-state index contributed by atoms with van der Waals surface area (Å²) in [5.74, 6) is 0. The molecular formula is C10H7BrClNO2S. The molecule has 2 rings (SSSR count). The molecule has 0 radical (unpaired) electrons. The Balaban J connectivity index is 3.03. The standard InChI is InChI=1S/C10H7BrClNO2S/c1-16(14,15)8-5-7(11)4-6-2-3-13-10(12)9(6)8/h2-5H,1H3. The molecule has 0 fully saturated rings. The van der Waals surface area contributed by atoms with Crippen molar-refractivity contribution >= 4 is 48.1 Å². The van der Waals surface area contributed by atoms with E-state index < -0.39 is 9.84 Å². The van der Waals surface area contributed by atoms with Crippen molar-refractivity contribution in [3.63, 3.8) is 0 Å². The van der Waals surface area contributed by atoms with Gasteiger partial charge in [0.1, 0.15) is 5.15 Å². The van der Waals surface area contributed by atoms with E-state index >= 15 is 0 Å². The number of nitrogens with zero attached hydrogens (tertiary/aromatic N) is 1. The summed E-state index contributed by atoms with van der Waals surface area (Å²) in [6, 6.07) is 5.06. The third-order valence-electron chi connectivity index (χ3n) is 2.15. The number of fused-ring (bicyclic) bond motifs is 1. The molecule has 0 N–H and O–H groups in total. The molecule has 1 aromatic carbocycles. The Kier molecular flexibility index (Phi) is 2.94. The molecule has 0 amide bonds. The molecular weight excluding hydrogens is 314 g/mol. The molecule has 16 heavy (non-hydrogen) atoms. The van der Waals surface area contributed by atoms with E-state index in [0.29, 0.717) is 9.86 Å². The zero-order valence-electron chi connectivity index (χ0n) is 8.24. The lowest BCUT2D eigenvalue weighted by Crippen LogP contribution is -1.99. The van der Waals surface area contributed by atoms with Crippen LogP contribution >= 0.6 is 27.5 Å². The number of sulfone groups is 1. The molecule has 0 saturated carbocycles. The highest BCUT2D eigenvalue weighted by Crippen LogP contribution is 2.31. The van der Waals surface area contributed by atoms with Gasteiger partial charge in [0, 0.05) is 22.3 Å². The van der Waals surface area contributed by atoms with Crippen molar-refractivity contribution in [2.45, 2.75) is 4.90 Å². The molecule has 84 valence electrons. The van der Waals surface area contributed by atoms with E-state index in [9.17, 15) is 8.42 Å². The second kappa shape index (κ2) is 3.98. The van der Waals surface area contributed by atoms with E-state index in [0.717, 1.165) is 11.6 Å². The molecule has 0 unspecified atom stereocenters. The van der Waals surface area contributed by atoms with Gasteiger partial charge in [0.25, 0.3) is 0 Å². The summed E-state index contributed by atoms with van der Waals surface area (Å²) in [5.41, 5.74) is 0. The zero-order valence-corrected chi connectivity index (χ0v) is 11.4. The van der Waals surface area contributed by atoms with Crippen LogP contribution in [0.4, 0.5) is 0 Å². The number of pyridine rings is 1. The Bertz CT molecular complexity index is 670. The van der Waals surface area contributed by atoms with Gasteiger partial charge >= 0.3 is 0 Å². The van der Waals surface area contributed by atoms with Crippen LogP contribution < -0.4 is 0 Å². The maximum Gasteiger partial charge on any atom is 0.176 e. The molecule has 0 atom stereocenters. The Hall–Kier alpha value is -0.650. The van der Waals surface area contributed by atoms with Crippen LogP contribution in [0, 0.1) is 0 Å². The van der Waals surface area contributed by atoms with E-state index in [1.165, 1.54) is 6.07 Å². The maximum absolute atomic E-state index is 11.6. The lowest BCUT2D eigenvalue weighted by molar-refractivity contribution is 0.602. The fourth-order valence-electron chi connectivity index (χ4n) is 1.49. The molecule has 0 spiro atoms. The highest BCUT2D eigenvalue weighted by molar-refractivity contribution is 9.10. The smallest absolute Gasteiger partial charge is 0.176 e. The van der Waals surface area contributed by atoms with Crippen LogP contribution in [0.3, 0.4) is 0 Å². The predicted molar refractivity (Wildman–Crippen MR) is 67.6 cm³/mol. The van der Waals surface area contributed by atoms with Gasteiger partial charge in [0.15, 0.2) is 9.84 Å². The first kappa shape index (κ1) is 11.8. The van der Waals surface area contributed by atoms with Crippen LogP contribution in [-0.2, 0) is 9.84 Å². The van der Waals surface area contributed by atoms with Gasteiger partial charge in [-0.2, -0.15) is 0 Å². The van der Waals surface area contributed by atoms with Crippen LogP contribution in [0.5, 0.6) is 0 Å². The summed E-state index contributed by atoms with van der Waals surface area (Å²) in [6.45, 7) is 0. The Morgan fingerprint density at radius 3 is 2.69 bits per heavy atom. The van der Waals surface area contributed by atoms with Gasteiger partial charge in [-0.3, -0.25) is 0 Å².